The van der Waals surface area contributed by atoms with Crippen molar-refractivity contribution in [3.63, 3.8) is 0 Å². The fraction of sp³-hybridized carbons (Fsp3) is 0.200. The minimum Gasteiger partial charge on any atom is -0.493 e. The lowest BCUT2D eigenvalue weighted by molar-refractivity contribution is -0.122. The lowest BCUT2D eigenvalue weighted by Crippen LogP contribution is -2.33. The smallest absolute Gasteiger partial charge is 0.308 e. The number of hydrogen-bond acceptors (Lipinski definition) is 10. The number of aromatic nitrogens is 1. The molecule has 1 aromatic heterocycles. The van der Waals surface area contributed by atoms with E-state index in [4.69, 9.17) is 14.6 Å². The topological polar surface area (TPSA) is 167 Å². The highest BCUT2D eigenvalue weighted by Gasteiger charge is 2.57. The molecule has 12 nitrogen and oxygen atoms in total. The van der Waals surface area contributed by atoms with E-state index in [9.17, 15) is 27.6 Å². The minimum absolute atomic E-state index is 0.115. The molecule has 1 fully saturated rings. The van der Waals surface area contributed by atoms with Gasteiger partial charge in [-0.2, -0.15) is 0 Å². The first-order chi connectivity index (χ1) is 21.5. The van der Waals surface area contributed by atoms with Crippen molar-refractivity contribution in [3.05, 3.63) is 92.9 Å². The molecule has 3 atom stereocenters. The highest BCUT2D eigenvalue weighted by atomic mass is 32.2. The molecule has 3 aromatic carbocycles. The summed E-state index contributed by atoms with van der Waals surface area (Å²) in [6.07, 6.45) is 0. The third-order valence-electron chi connectivity index (χ3n) is 7.60. The number of methoxy groups -OCH3 is 2. The van der Waals surface area contributed by atoms with Crippen LogP contribution in [0.2, 0.25) is 0 Å². The Hall–Kier alpha value is -4.44. The summed E-state index contributed by atoms with van der Waals surface area (Å²) in [5.41, 5.74) is 1.39. The van der Waals surface area contributed by atoms with E-state index >= 15 is 0 Å². The molecule has 4 aromatic rings. The van der Waals surface area contributed by atoms with E-state index in [1.807, 2.05) is 0 Å². The number of benzene rings is 3. The van der Waals surface area contributed by atoms with Crippen molar-refractivity contribution in [3.8, 4) is 11.5 Å². The zero-order chi connectivity index (χ0) is 32.0. The Morgan fingerprint density at radius 3 is 2.27 bits per heavy atom. The summed E-state index contributed by atoms with van der Waals surface area (Å²) in [6.45, 7) is -0.380. The van der Waals surface area contributed by atoms with E-state index in [0.29, 0.717) is 38.3 Å². The molecular formula is C30H26N4O8S3. The van der Waals surface area contributed by atoms with E-state index in [0.717, 1.165) is 23.1 Å². The lowest BCUT2D eigenvalue weighted by atomic mass is 9.83. The van der Waals surface area contributed by atoms with Gasteiger partial charge < -0.3 is 14.8 Å². The summed E-state index contributed by atoms with van der Waals surface area (Å²) in [5.74, 6) is -1.98. The first kappa shape index (κ1) is 30.6. The number of nitrogens with two attached hydrogens (primary N) is 1. The molecule has 6 rings (SSSR count). The molecule has 3 amide bonds. The second kappa shape index (κ2) is 11.8. The van der Waals surface area contributed by atoms with E-state index in [1.54, 1.807) is 48.5 Å². The average Bonchev–Trinajstić information content (AvgIpc) is 3.46. The molecule has 0 spiro atoms. The number of nitrogens with one attached hydrogen (secondary N) is 1. The molecule has 0 saturated carbocycles. The molecule has 3 unspecified atom stereocenters. The van der Waals surface area contributed by atoms with Crippen molar-refractivity contribution in [2.75, 3.05) is 24.4 Å². The molecule has 2 aliphatic rings. The molecular weight excluding hydrogens is 641 g/mol. The maximum Gasteiger partial charge on any atom is 0.308 e. The number of thiazole rings is 1. The molecule has 232 valence electrons. The number of thioether (sulfide) groups is 1. The fourth-order valence-corrected chi connectivity index (χ4v) is 8.85. The molecule has 0 bridgehead atoms. The van der Waals surface area contributed by atoms with Gasteiger partial charge in [-0.15, -0.1) is 0 Å². The van der Waals surface area contributed by atoms with Gasteiger partial charge in [0.1, 0.15) is 11.8 Å². The summed E-state index contributed by atoms with van der Waals surface area (Å²) in [6, 6.07) is 19.2. The first-order valence-corrected chi connectivity index (χ1v) is 16.7. The number of fused-ring (bicyclic) bond motifs is 2. The Morgan fingerprint density at radius 2 is 1.62 bits per heavy atom. The van der Waals surface area contributed by atoms with Crippen LogP contribution in [0, 0.1) is 5.92 Å². The van der Waals surface area contributed by atoms with Gasteiger partial charge in [-0.3, -0.25) is 23.7 Å². The Balaban J connectivity index is 1.40. The number of para-hydroxylation sites is 1. The molecule has 2 aliphatic heterocycles. The van der Waals surface area contributed by atoms with Crippen LogP contribution in [-0.4, -0.2) is 50.2 Å². The number of carbonyl (C=O) groups excluding carboxylic acids is 3. The van der Waals surface area contributed by atoms with Crippen molar-refractivity contribution in [2.24, 2.45) is 11.1 Å². The molecule has 0 radical (unpaired) electrons. The molecule has 1 saturated heterocycles. The van der Waals surface area contributed by atoms with Crippen LogP contribution in [-0.2, 0) is 31.0 Å². The van der Waals surface area contributed by atoms with E-state index < -0.39 is 43.8 Å². The largest absolute Gasteiger partial charge is 0.493 e. The lowest BCUT2D eigenvalue weighted by Gasteiger charge is -2.31. The van der Waals surface area contributed by atoms with Gasteiger partial charge in [-0.25, -0.2) is 18.5 Å². The van der Waals surface area contributed by atoms with Crippen LogP contribution in [0.1, 0.15) is 16.4 Å². The van der Waals surface area contributed by atoms with E-state index in [1.165, 1.54) is 48.0 Å². The van der Waals surface area contributed by atoms with Gasteiger partial charge in [0.25, 0.3) is 0 Å². The predicted molar refractivity (Wildman–Crippen MR) is 168 cm³/mol. The Morgan fingerprint density at radius 1 is 0.933 bits per heavy atom. The van der Waals surface area contributed by atoms with Gasteiger partial charge in [-0.05, 0) is 54.1 Å². The van der Waals surface area contributed by atoms with Gasteiger partial charge in [0, 0.05) is 16.5 Å². The van der Waals surface area contributed by atoms with Crippen LogP contribution >= 0.6 is 23.1 Å². The Bertz CT molecular complexity index is 1990. The number of primary sulfonamides is 1. The van der Waals surface area contributed by atoms with Crippen LogP contribution in [0.4, 0.5) is 11.4 Å². The highest BCUT2D eigenvalue weighted by Crippen LogP contribution is 2.54. The van der Waals surface area contributed by atoms with Gasteiger partial charge in [0.2, 0.25) is 27.7 Å². The number of rotatable bonds is 8. The number of hydrogen-bond donors (Lipinski definition) is 2. The van der Waals surface area contributed by atoms with Crippen LogP contribution in [0.15, 0.2) is 87.5 Å². The van der Waals surface area contributed by atoms with Gasteiger partial charge in [-0.1, -0.05) is 47.4 Å². The number of amides is 3. The van der Waals surface area contributed by atoms with Gasteiger partial charge >= 0.3 is 4.87 Å². The van der Waals surface area contributed by atoms with Crippen molar-refractivity contribution in [1.29, 1.82) is 0 Å². The number of anilines is 2. The van der Waals surface area contributed by atoms with E-state index in [-0.39, 0.29) is 17.3 Å². The normalized spacial score (nSPS) is 19.2. The van der Waals surface area contributed by atoms with Crippen molar-refractivity contribution in [2.45, 2.75) is 27.6 Å². The number of sulfonamides is 1. The van der Waals surface area contributed by atoms with Crippen LogP contribution in [0.25, 0.3) is 0 Å². The Labute approximate surface area is 265 Å². The Kier molecular flexibility index (Phi) is 8.03. The SMILES string of the molecule is COc1ccc(C2c3sc(=O)n(CC(=O)Nc4ccc(S(N)(=O)=O)cc4)c3SC3C(=O)N(c4ccccc4)C(=O)C32)cc1OC. The third-order valence-corrected chi connectivity index (χ3v) is 11.1. The highest BCUT2D eigenvalue weighted by molar-refractivity contribution is 8.00. The summed E-state index contributed by atoms with van der Waals surface area (Å²) >= 11 is 2.02. The monoisotopic (exact) mass is 666 g/mol. The quantitative estimate of drug-likeness (QED) is 0.269. The number of ether oxygens (including phenoxy) is 2. The first-order valence-electron chi connectivity index (χ1n) is 13.5. The molecule has 45 heavy (non-hydrogen) atoms. The average molecular weight is 667 g/mol. The number of carbonyl (C=O) groups is 3. The molecule has 15 heteroatoms. The summed E-state index contributed by atoms with van der Waals surface area (Å²) in [5, 5.41) is 7.36. The van der Waals surface area contributed by atoms with Crippen molar-refractivity contribution < 1.29 is 32.3 Å². The molecule has 3 heterocycles. The van der Waals surface area contributed by atoms with Gasteiger partial charge in [0.15, 0.2) is 11.5 Å². The van der Waals surface area contributed by atoms with E-state index in [2.05, 4.69) is 5.32 Å². The maximum atomic E-state index is 14.0. The van der Waals surface area contributed by atoms with Crippen molar-refractivity contribution in [1.82, 2.24) is 4.57 Å². The summed E-state index contributed by atoms with van der Waals surface area (Å²) < 4.78 is 35.3. The predicted octanol–water partition coefficient (Wildman–Crippen LogP) is 3.01. The zero-order valence-corrected chi connectivity index (χ0v) is 26.3. The van der Waals surface area contributed by atoms with Gasteiger partial charge in [0.05, 0.1) is 35.7 Å². The summed E-state index contributed by atoms with van der Waals surface area (Å²) in [7, 11) is -0.913. The third kappa shape index (κ3) is 5.52. The van der Waals surface area contributed by atoms with Crippen LogP contribution in [0.3, 0.4) is 0 Å². The summed E-state index contributed by atoms with van der Waals surface area (Å²) in [4.78, 5) is 55.6. The zero-order valence-electron chi connectivity index (χ0n) is 23.8. The minimum atomic E-state index is -3.91. The van der Waals surface area contributed by atoms with Crippen LogP contribution < -0.4 is 29.7 Å². The van der Waals surface area contributed by atoms with Crippen molar-refractivity contribution >= 4 is 62.2 Å². The number of imide groups is 1. The fourth-order valence-electron chi connectivity index (χ4n) is 5.56. The standard InChI is InChI=1S/C30H26N4O8S3/c1-41-20-13-8-16(14-21(20)42-2)23-24-25(28(37)34(27(24)36)18-6-4-3-5-7-18)43-29-26(23)44-30(38)33(29)15-22(35)32-17-9-11-19(12-10-17)45(31,39)40/h3-14,23-25H,15H2,1-2H3,(H,32,35)(H2,31,39,40). The number of nitrogens with zero attached hydrogens (tertiary/aromatic N) is 2. The second-order valence-electron chi connectivity index (χ2n) is 10.2. The molecule has 0 aliphatic carbocycles. The van der Waals surface area contributed by atoms with Crippen LogP contribution in [0.5, 0.6) is 11.5 Å². The second-order valence-corrected chi connectivity index (χ2v) is 13.9. The molecule has 3 N–H and O–H groups in total. The maximum absolute atomic E-state index is 14.0.